The molecule has 8 N–H and O–H groups in total. The van der Waals surface area contributed by atoms with Crippen molar-refractivity contribution in [3.05, 3.63) is 48.6 Å². The molecule has 0 aromatic carbocycles. The van der Waals surface area contributed by atoms with Gasteiger partial charge in [-0.15, -0.1) is 0 Å². The molecule has 0 aliphatic heterocycles. The van der Waals surface area contributed by atoms with E-state index in [1.54, 1.807) is 6.92 Å². The first-order valence-electron chi connectivity index (χ1n) is 24.2. The maximum atomic E-state index is 13.0. The molecule has 1 aliphatic carbocycles. The van der Waals surface area contributed by atoms with Crippen molar-refractivity contribution in [2.24, 2.45) is 0 Å². The minimum absolute atomic E-state index is 0.0432. The zero-order chi connectivity index (χ0) is 49.1. The second-order valence-electron chi connectivity index (χ2n) is 17.1. The number of carbonyl (C=O) groups is 2. The number of rotatable bonds is 40. The third-order valence-electron chi connectivity index (χ3n) is 10.9. The van der Waals surface area contributed by atoms with Crippen LogP contribution in [0.5, 0.6) is 0 Å². The van der Waals surface area contributed by atoms with Crippen molar-refractivity contribution in [3.63, 3.8) is 0 Å². The van der Waals surface area contributed by atoms with Gasteiger partial charge in [-0.1, -0.05) is 145 Å². The normalized spacial score (nSPS) is 22.4. The summed E-state index contributed by atoms with van der Waals surface area (Å²) in [6.07, 6.45) is 24.9. The third kappa shape index (κ3) is 32.6. The van der Waals surface area contributed by atoms with Crippen molar-refractivity contribution in [3.8, 4) is 0 Å². The highest BCUT2D eigenvalue weighted by Gasteiger charge is 2.54. The Kier molecular flexibility index (Phi) is 35.4. The van der Waals surface area contributed by atoms with Crippen LogP contribution in [0.1, 0.15) is 174 Å². The van der Waals surface area contributed by atoms with Crippen LogP contribution in [0.3, 0.4) is 0 Å². The predicted octanol–water partition coefficient (Wildman–Crippen LogP) is 8.26. The Labute approximate surface area is 393 Å². The number of phosphoric ester groups is 2. The summed E-state index contributed by atoms with van der Waals surface area (Å²) in [5.41, 5.74) is 0. The van der Waals surface area contributed by atoms with Gasteiger partial charge in [0.1, 0.15) is 43.2 Å². The number of phosphoric acid groups is 2. The third-order valence-corrected chi connectivity index (χ3v) is 12.4. The second-order valence-corrected chi connectivity index (χ2v) is 19.7. The van der Waals surface area contributed by atoms with Crippen LogP contribution in [0.25, 0.3) is 0 Å². The van der Waals surface area contributed by atoms with Gasteiger partial charge < -0.3 is 49.7 Å². The summed E-state index contributed by atoms with van der Waals surface area (Å²) < 4.78 is 49.3. The van der Waals surface area contributed by atoms with Crippen LogP contribution in [0.15, 0.2) is 48.6 Å². The first-order chi connectivity index (χ1) is 31.5. The monoisotopic (exact) mass is 983 g/mol. The van der Waals surface area contributed by atoms with Gasteiger partial charge in [-0.3, -0.25) is 23.2 Å². The van der Waals surface area contributed by atoms with Crippen molar-refractivity contribution in [2.75, 3.05) is 13.2 Å². The minimum Gasteiger partial charge on any atom is -0.462 e. The Hall–Kier alpha value is -2.08. The highest BCUT2D eigenvalue weighted by Crippen LogP contribution is 2.49. The molecule has 0 amide bonds. The molecule has 0 spiro atoms. The Morgan fingerprint density at radius 2 is 0.985 bits per heavy atom. The quantitative estimate of drug-likeness (QED) is 0.0124. The van der Waals surface area contributed by atoms with Crippen molar-refractivity contribution < 1.29 is 82.0 Å². The van der Waals surface area contributed by atoms with Gasteiger partial charge in [0.25, 0.3) is 0 Å². The molecule has 0 saturated heterocycles. The lowest BCUT2D eigenvalue weighted by Crippen LogP contribution is -2.64. The van der Waals surface area contributed by atoms with E-state index in [0.29, 0.717) is 25.7 Å². The fourth-order valence-corrected chi connectivity index (χ4v) is 8.69. The second kappa shape index (κ2) is 37.8. The number of unbranched alkanes of at least 4 members (excludes halogenated alkanes) is 16. The lowest BCUT2D eigenvalue weighted by Gasteiger charge is -2.43. The summed E-state index contributed by atoms with van der Waals surface area (Å²) in [5.74, 6) is -1.28. The summed E-state index contributed by atoms with van der Waals surface area (Å²) in [6, 6.07) is 0. The highest BCUT2D eigenvalue weighted by atomic mass is 31.2. The Morgan fingerprint density at radius 1 is 0.545 bits per heavy atom. The van der Waals surface area contributed by atoms with Crippen LogP contribution in [0.4, 0.5) is 0 Å². The number of allylic oxidation sites excluding steroid dienone is 8. The van der Waals surface area contributed by atoms with Crippen molar-refractivity contribution in [1.29, 1.82) is 0 Å². The van der Waals surface area contributed by atoms with E-state index in [1.165, 1.54) is 64.2 Å². The molecule has 17 nitrogen and oxygen atoms in total. The molecule has 9 atom stereocenters. The fraction of sp³-hybridized carbons (Fsp3) is 0.787. The lowest BCUT2D eigenvalue weighted by atomic mass is 9.85. The van der Waals surface area contributed by atoms with Gasteiger partial charge in [-0.2, -0.15) is 0 Å². The summed E-state index contributed by atoms with van der Waals surface area (Å²) >= 11 is 0. The summed E-state index contributed by atoms with van der Waals surface area (Å²) in [4.78, 5) is 54.3. The van der Waals surface area contributed by atoms with Gasteiger partial charge in [-0.25, -0.2) is 9.13 Å². The molecular formula is C47H84O17P2. The molecule has 1 fully saturated rings. The lowest BCUT2D eigenvalue weighted by molar-refractivity contribution is -0.216. The number of ether oxygens (including phenoxy) is 2. The van der Waals surface area contributed by atoms with E-state index in [-0.39, 0.29) is 18.9 Å². The van der Waals surface area contributed by atoms with Gasteiger partial charge in [0, 0.05) is 12.8 Å². The molecule has 1 aliphatic rings. The van der Waals surface area contributed by atoms with Crippen LogP contribution in [0, 0.1) is 0 Å². The molecule has 1 saturated carbocycles. The summed E-state index contributed by atoms with van der Waals surface area (Å²) in [5, 5.41) is 50.5. The van der Waals surface area contributed by atoms with E-state index in [4.69, 9.17) is 18.5 Å². The van der Waals surface area contributed by atoms with E-state index >= 15 is 0 Å². The van der Waals surface area contributed by atoms with Crippen LogP contribution in [-0.2, 0) is 41.8 Å². The molecule has 5 unspecified atom stereocenters. The topological polar surface area (TPSA) is 276 Å². The van der Waals surface area contributed by atoms with Crippen molar-refractivity contribution in [2.45, 2.75) is 223 Å². The van der Waals surface area contributed by atoms with Crippen LogP contribution in [-0.4, -0.2) is 114 Å². The Balaban J connectivity index is 2.62. The largest absolute Gasteiger partial charge is 0.472 e. The van der Waals surface area contributed by atoms with E-state index in [0.717, 1.165) is 57.8 Å². The van der Waals surface area contributed by atoms with Crippen LogP contribution < -0.4 is 0 Å². The number of esters is 2. The number of aliphatic hydroxyl groups is 5. The predicted molar refractivity (Wildman–Crippen MR) is 252 cm³/mol. The van der Waals surface area contributed by atoms with E-state index in [2.05, 4.69) is 41.8 Å². The summed E-state index contributed by atoms with van der Waals surface area (Å²) in [6.45, 7) is 2.62. The van der Waals surface area contributed by atoms with Gasteiger partial charge in [0.15, 0.2) is 6.10 Å². The zero-order valence-electron chi connectivity index (χ0n) is 39.5. The molecule has 0 bridgehead atoms. The number of hydrogen-bond donors (Lipinski definition) is 8. The molecule has 384 valence electrons. The van der Waals surface area contributed by atoms with Crippen LogP contribution >= 0.6 is 15.6 Å². The maximum Gasteiger partial charge on any atom is 0.472 e. The Bertz CT molecular complexity index is 1480. The van der Waals surface area contributed by atoms with Crippen LogP contribution in [0.2, 0.25) is 0 Å². The Morgan fingerprint density at radius 3 is 1.47 bits per heavy atom. The van der Waals surface area contributed by atoms with Gasteiger partial charge in [-0.05, 0) is 64.7 Å². The minimum atomic E-state index is -5.37. The van der Waals surface area contributed by atoms with Crippen molar-refractivity contribution >= 4 is 27.6 Å². The molecule has 0 radical (unpaired) electrons. The van der Waals surface area contributed by atoms with E-state index in [1.807, 2.05) is 18.2 Å². The first-order valence-corrected chi connectivity index (χ1v) is 27.2. The average Bonchev–Trinajstić information content (AvgIpc) is 3.26. The first kappa shape index (κ1) is 61.9. The zero-order valence-corrected chi connectivity index (χ0v) is 41.3. The maximum absolute atomic E-state index is 13.0. The summed E-state index contributed by atoms with van der Waals surface area (Å²) in [7, 11) is -10.7. The van der Waals surface area contributed by atoms with Gasteiger partial charge in [0.05, 0.1) is 12.7 Å². The number of hydrogen-bond acceptors (Lipinski definition) is 14. The smallest absolute Gasteiger partial charge is 0.462 e. The molecular weight excluding hydrogens is 898 g/mol. The molecule has 0 aromatic heterocycles. The van der Waals surface area contributed by atoms with Gasteiger partial charge >= 0.3 is 27.6 Å². The molecule has 0 heterocycles. The average molecular weight is 983 g/mol. The molecule has 0 aromatic rings. The fourth-order valence-electron chi connectivity index (χ4n) is 7.16. The number of carbonyl (C=O) groups excluding carboxylic acids is 2. The molecule has 66 heavy (non-hydrogen) atoms. The van der Waals surface area contributed by atoms with Gasteiger partial charge in [0.2, 0.25) is 0 Å². The standard InChI is InChI=1S/C47H84O17P2/c1-3-4-5-6-7-8-9-10-12-16-19-22-25-28-31-34-40(49)60-36-39(37-61-66(58,59)64-47-44(53)42(51)43(52)46(45(47)54)63-65(55,56)57)62-41(50)35-32-29-26-23-20-17-14-11-13-15-18-21-24-27-30-33-38(2)48/h13-15,17,21,23-24,26,38-39,42-48,51-54H,3-12,16,18-20,22,25,27-37H2,1-2H3,(H,58,59)(H2,55,56,57)/b15-13-,17-14-,24-21-,26-23-/t38-,39+,42?,43?,44?,45?,46+,47-/m0/s1. The van der Waals surface area contributed by atoms with E-state index in [9.17, 15) is 58.9 Å². The molecule has 1 rings (SSSR count). The highest BCUT2D eigenvalue weighted by molar-refractivity contribution is 7.47. The SMILES string of the molecule is CCCCCCCCCCCCCCCCCC(=O)OC[C@H](COP(=O)(O)O[C@H]1C(O)C(O)C(O)[C@@H](OP(=O)(O)O)C1O)OC(=O)CCC/C=C\C/C=C\C/C=C\C/C=C\CCC[C@H](C)O. The van der Waals surface area contributed by atoms with E-state index < -0.39 is 83.5 Å². The number of aliphatic hydroxyl groups excluding tert-OH is 5. The molecule has 19 heteroatoms. The van der Waals surface area contributed by atoms with Crippen molar-refractivity contribution in [1.82, 2.24) is 0 Å².